The molecule has 0 spiro atoms. The molecule has 2 aliphatic rings. The van der Waals surface area contributed by atoms with E-state index in [-0.39, 0.29) is 55.3 Å². The number of rotatable bonds is 32. The van der Waals surface area contributed by atoms with E-state index in [9.17, 15) is 28.8 Å². The molecule has 0 radical (unpaired) electrons. The second-order valence-corrected chi connectivity index (χ2v) is 16.5. The number of nitrogens with two attached hydrogens (primary N) is 1. The largest absolute Gasteiger partial charge is 0.458 e. The zero-order valence-electron chi connectivity index (χ0n) is 34.2. The summed E-state index contributed by atoms with van der Waals surface area (Å²) in [6, 6.07) is -1.86. The van der Waals surface area contributed by atoms with Gasteiger partial charge in [0, 0.05) is 43.4 Å². The predicted octanol–water partition coefficient (Wildman–Crippen LogP) is 1.11. The van der Waals surface area contributed by atoms with E-state index in [4.69, 9.17) is 34.8 Å². The average molecular weight is 830 g/mol. The van der Waals surface area contributed by atoms with Crippen LogP contribution in [-0.4, -0.2) is 148 Å². The van der Waals surface area contributed by atoms with Crippen LogP contribution >= 0.6 is 11.8 Å². The van der Waals surface area contributed by atoms with Crippen LogP contribution < -0.4 is 32.3 Å². The summed E-state index contributed by atoms with van der Waals surface area (Å²) >= 11 is 1.88. The Morgan fingerprint density at radius 3 is 2.12 bits per heavy atom. The fourth-order valence-electron chi connectivity index (χ4n) is 6.05. The molecule has 5 atom stereocenters. The van der Waals surface area contributed by atoms with Gasteiger partial charge in [0.2, 0.25) is 17.7 Å². The number of urea groups is 1. The molecule has 2 heterocycles. The summed E-state index contributed by atoms with van der Waals surface area (Å²) in [5.74, 6) is -0.915. The number of hydrogen-bond donors (Lipinski definition) is 7. The van der Waals surface area contributed by atoms with Crippen LogP contribution in [0.5, 0.6) is 0 Å². The van der Waals surface area contributed by atoms with E-state index in [1.54, 1.807) is 20.8 Å². The van der Waals surface area contributed by atoms with Crippen molar-refractivity contribution in [2.75, 3.05) is 71.7 Å². The van der Waals surface area contributed by atoms with Gasteiger partial charge in [0.15, 0.2) is 5.78 Å². The Labute approximate surface area is 341 Å². The van der Waals surface area contributed by atoms with Gasteiger partial charge in [0.25, 0.3) is 0 Å². The van der Waals surface area contributed by atoms with Crippen molar-refractivity contribution in [1.29, 1.82) is 5.41 Å². The number of amides is 5. The maximum Gasteiger partial charge on any atom is 0.329 e. The van der Waals surface area contributed by atoms with E-state index in [0.717, 1.165) is 25.0 Å². The molecule has 0 unspecified atom stereocenters. The van der Waals surface area contributed by atoms with Crippen LogP contribution in [0.15, 0.2) is 0 Å². The number of unbranched alkanes of at least 4 members (excludes halogenated alkanes) is 2. The van der Waals surface area contributed by atoms with Gasteiger partial charge in [0.1, 0.15) is 11.6 Å². The quantitative estimate of drug-likeness (QED) is 0.0217. The Kier molecular flexibility index (Phi) is 23.9. The lowest BCUT2D eigenvalue weighted by molar-refractivity contribution is -0.159. The van der Waals surface area contributed by atoms with Crippen molar-refractivity contribution in [2.45, 2.75) is 126 Å². The van der Waals surface area contributed by atoms with Crippen molar-refractivity contribution >= 4 is 53.5 Å². The summed E-state index contributed by atoms with van der Waals surface area (Å²) in [5, 5.41) is 21.7. The number of nitrogens with one attached hydrogen (secondary N) is 6. The van der Waals surface area contributed by atoms with Crippen molar-refractivity contribution in [1.82, 2.24) is 26.6 Å². The molecule has 0 aromatic rings. The molecular weight excluding hydrogens is 763 g/mol. The monoisotopic (exact) mass is 829 g/mol. The average Bonchev–Trinajstić information content (AvgIpc) is 3.61. The van der Waals surface area contributed by atoms with Crippen molar-refractivity contribution in [3.63, 3.8) is 0 Å². The summed E-state index contributed by atoms with van der Waals surface area (Å²) < 4.78 is 27.3. The first-order chi connectivity index (χ1) is 27.1. The standard InChI is InChI=1S/C38H67N7O11S/c1-37(2,3)56-35(50)29(13-12-27(46)25-39)43-34(49)28(40)9-7-8-15-41-33(48)14-17-52-19-21-54-23-24-55-22-20-53-18-16-42-32(47)11-6-5-10-31-38(4)30(26-57-31)44-36(51)45-38/h25,28-31,39H,5-24,26,40H2,1-4H3,(H,41,48)(H,42,47)(H,43,49)(H2,44,45,51)/t28-,29-,30-,31-,38-/m0/s1. The molecule has 0 aromatic carbocycles. The lowest BCUT2D eigenvalue weighted by atomic mass is 9.88. The van der Waals surface area contributed by atoms with E-state index in [2.05, 4.69) is 33.5 Å². The molecule has 0 aromatic heterocycles. The van der Waals surface area contributed by atoms with Gasteiger partial charge in [-0.3, -0.25) is 19.2 Å². The van der Waals surface area contributed by atoms with Gasteiger partial charge in [-0.05, 0) is 66.2 Å². The molecule has 8 N–H and O–H groups in total. The Morgan fingerprint density at radius 1 is 0.860 bits per heavy atom. The number of ether oxygens (including phenoxy) is 5. The number of Topliss-reactive ketones (excluding diaryl/α,β-unsaturated/α-hetero) is 1. The number of thioether (sulfide) groups is 1. The Morgan fingerprint density at radius 2 is 1.47 bits per heavy atom. The first-order valence-electron chi connectivity index (χ1n) is 20.0. The summed E-state index contributed by atoms with van der Waals surface area (Å²) in [5.41, 5.74) is 5.03. The van der Waals surface area contributed by atoms with Crippen LogP contribution in [0, 0.1) is 5.41 Å². The third kappa shape index (κ3) is 21.3. The number of fused-ring (bicyclic) bond motifs is 1. The van der Waals surface area contributed by atoms with Gasteiger partial charge < -0.3 is 61.4 Å². The molecule has 2 rings (SSSR count). The maximum atomic E-state index is 12.6. The van der Waals surface area contributed by atoms with Gasteiger partial charge in [0.05, 0.1) is 76.7 Å². The molecule has 326 valence electrons. The van der Waals surface area contributed by atoms with Gasteiger partial charge in [-0.1, -0.05) is 6.42 Å². The second kappa shape index (κ2) is 27.4. The Bertz CT molecular complexity index is 1290. The number of esters is 1. The van der Waals surface area contributed by atoms with Crippen molar-refractivity contribution in [3.05, 3.63) is 0 Å². The highest BCUT2D eigenvalue weighted by Crippen LogP contribution is 2.41. The van der Waals surface area contributed by atoms with Crippen LogP contribution in [0.25, 0.3) is 0 Å². The molecule has 0 saturated carbocycles. The summed E-state index contributed by atoms with van der Waals surface area (Å²) in [6.07, 6.45) is 5.44. The van der Waals surface area contributed by atoms with Crippen LogP contribution in [0.2, 0.25) is 0 Å². The number of carbonyl (C=O) groups is 6. The van der Waals surface area contributed by atoms with Crippen molar-refractivity contribution in [2.24, 2.45) is 5.73 Å². The highest BCUT2D eigenvalue weighted by atomic mass is 32.2. The molecule has 0 bridgehead atoms. The van der Waals surface area contributed by atoms with Gasteiger partial charge in [-0.15, -0.1) is 0 Å². The second-order valence-electron chi connectivity index (χ2n) is 15.2. The molecule has 0 aliphatic carbocycles. The smallest absolute Gasteiger partial charge is 0.329 e. The molecule has 2 saturated heterocycles. The molecule has 2 fully saturated rings. The highest BCUT2D eigenvalue weighted by molar-refractivity contribution is 8.00. The molecule has 57 heavy (non-hydrogen) atoms. The molecule has 2 aliphatic heterocycles. The topological polar surface area (TPSA) is 259 Å². The fourth-order valence-corrected chi connectivity index (χ4v) is 7.81. The number of ketones is 1. The number of carbonyl (C=O) groups excluding carboxylic acids is 6. The zero-order chi connectivity index (χ0) is 42.1. The van der Waals surface area contributed by atoms with Crippen molar-refractivity contribution in [3.8, 4) is 0 Å². The Balaban J connectivity index is 1.35. The summed E-state index contributed by atoms with van der Waals surface area (Å²) in [7, 11) is 0. The minimum Gasteiger partial charge on any atom is -0.458 e. The lowest BCUT2D eigenvalue weighted by Gasteiger charge is -2.29. The van der Waals surface area contributed by atoms with Gasteiger partial charge in [-0.2, -0.15) is 11.8 Å². The first kappa shape index (κ1) is 49.8. The maximum absolute atomic E-state index is 12.6. The Hall–Kier alpha value is -3.36. The summed E-state index contributed by atoms with van der Waals surface area (Å²) in [4.78, 5) is 72.6. The SMILES string of the molecule is CC(C)(C)OC(=O)[C@H](CCC(=O)C=N)NC(=O)[C@@H](N)CCCCNC(=O)CCOCCOCCOCCOCCNC(=O)CCCC[C@@H]1SC[C@@H]2NC(=O)N[C@@]21C. The van der Waals surface area contributed by atoms with Crippen LogP contribution in [0.3, 0.4) is 0 Å². The minimum absolute atomic E-state index is 0.00556. The molecule has 18 nitrogen and oxygen atoms in total. The lowest BCUT2D eigenvalue weighted by Crippen LogP contribution is -2.50. The third-order valence-corrected chi connectivity index (χ3v) is 10.9. The first-order valence-corrected chi connectivity index (χ1v) is 21.1. The van der Waals surface area contributed by atoms with Gasteiger partial charge >= 0.3 is 12.0 Å². The number of hydrogen-bond acceptors (Lipinski definition) is 14. The minimum atomic E-state index is -1.06. The van der Waals surface area contributed by atoms with Crippen LogP contribution in [-0.2, 0) is 47.7 Å². The molecular formula is C38H67N7O11S. The summed E-state index contributed by atoms with van der Waals surface area (Å²) in [6.45, 7) is 11.0. The highest BCUT2D eigenvalue weighted by Gasteiger charge is 2.52. The van der Waals surface area contributed by atoms with Crippen LogP contribution in [0.1, 0.15) is 91.9 Å². The fraction of sp³-hybridized carbons (Fsp3) is 0.816. The van der Waals surface area contributed by atoms with Gasteiger partial charge in [-0.25, -0.2) is 9.59 Å². The van der Waals surface area contributed by atoms with Crippen molar-refractivity contribution < 1.29 is 52.5 Å². The third-order valence-electron chi connectivity index (χ3n) is 9.27. The van der Waals surface area contributed by atoms with E-state index in [0.29, 0.717) is 96.5 Å². The predicted molar refractivity (Wildman–Crippen MR) is 215 cm³/mol. The van der Waals surface area contributed by atoms with E-state index >= 15 is 0 Å². The van der Waals surface area contributed by atoms with E-state index in [1.807, 2.05) is 11.8 Å². The van der Waals surface area contributed by atoms with E-state index in [1.165, 1.54) is 0 Å². The molecule has 5 amide bonds. The van der Waals surface area contributed by atoms with E-state index < -0.39 is 35.3 Å². The molecule has 19 heteroatoms. The zero-order valence-corrected chi connectivity index (χ0v) is 35.0. The normalized spacial score (nSPS) is 19.8. The van der Waals surface area contributed by atoms with Crippen LogP contribution in [0.4, 0.5) is 4.79 Å².